The maximum atomic E-state index is 14.0. The summed E-state index contributed by atoms with van der Waals surface area (Å²) in [4.78, 5) is 5.02. The van der Waals surface area contributed by atoms with Crippen LogP contribution in [0.2, 0.25) is 10.0 Å². The average molecular weight is 459 g/mol. The van der Waals surface area contributed by atoms with Gasteiger partial charge in [-0.25, -0.2) is 0 Å². The van der Waals surface area contributed by atoms with Crippen LogP contribution in [0.25, 0.3) is 0 Å². The zero-order valence-corrected chi connectivity index (χ0v) is 18.4. The lowest BCUT2D eigenvalue weighted by atomic mass is 9.86. The van der Waals surface area contributed by atoms with Gasteiger partial charge in [0.15, 0.2) is 0 Å². The van der Waals surface area contributed by atoms with E-state index in [0.717, 1.165) is 11.1 Å². The van der Waals surface area contributed by atoms with Gasteiger partial charge < -0.3 is 10.2 Å². The number of oxime groups is 1. The van der Waals surface area contributed by atoms with Crippen LogP contribution in [0.4, 0.5) is 13.2 Å². The van der Waals surface area contributed by atoms with Gasteiger partial charge in [-0.3, -0.25) is 0 Å². The standard InChI is InChI=1S/C19H17Cl2F3N2O.C3H6/c1-11-5-12(3-4-13(11)10-25-2)17-9-18(27-26-17,19(22,23)24)14-6-15(20)8-16(21)7-14;1-3-2/h3-8,25H,9-10H2,1-2H3;3H,1H2,2H3. The van der Waals surface area contributed by atoms with E-state index in [1.54, 1.807) is 12.1 Å². The summed E-state index contributed by atoms with van der Waals surface area (Å²) < 4.78 is 42.0. The smallest absolute Gasteiger partial charge is 0.374 e. The Hall–Kier alpha value is -2.02. The number of nitrogens with one attached hydrogen (secondary N) is 1. The van der Waals surface area contributed by atoms with Gasteiger partial charge in [0, 0.05) is 28.6 Å². The van der Waals surface area contributed by atoms with Crippen LogP contribution in [-0.4, -0.2) is 18.9 Å². The predicted octanol–water partition coefficient (Wildman–Crippen LogP) is 6.80. The van der Waals surface area contributed by atoms with Crippen molar-refractivity contribution in [3.05, 3.63) is 81.4 Å². The zero-order chi connectivity index (χ0) is 22.5. The molecular formula is C22H23Cl2F3N2O. The van der Waals surface area contributed by atoms with Crippen molar-refractivity contribution in [1.29, 1.82) is 0 Å². The number of hydrogen-bond acceptors (Lipinski definition) is 3. The van der Waals surface area contributed by atoms with Crippen LogP contribution < -0.4 is 5.32 Å². The Balaban J connectivity index is 0.00000101. The second-order valence-corrected chi connectivity index (χ2v) is 7.74. The summed E-state index contributed by atoms with van der Waals surface area (Å²) in [6.45, 7) is 7.82. The molecule has 0 saturated heterocycles. The van der Waals surface area contributed by atoms with Gasteiger partial charge in [-0.15, -0.1) is 6.58 Å². The molecule has 0 spiro atoms. The molecule has 0 saturated carbocycles. The summed E-state index contributed by atoms with van der Waals surface area (Å²) in [7, 11) is 1.83. The van der Waals surface area contributed by atoms with Gasteiger partial charge in [0.25, 0.3) is 5.60 Å². The van der Waals surface area contributed by atoms with Gasteiger partial charge in [0.1, 0.15) is 0 Å². The Kier molecular flexibility index (Phi) is 7.97. The molecule has 0 amide bonds. The molecule has 1 atom stereocenters. The molecule has 0 aliphatic carbocycles. The molecule has 0 bridgehead atoms. The molecule has 1 aliphatic heterocycles. The number of allylic oxidation sites excluding steroid dienone is 1. The topological polar surface area (TPSA) is 33.6 Å². The van der Waals surface area contributed by atoms with Crippen molar-refractivity contribution in [3.63, 3.8) is 0 Å². The molecular weight excluding hydrogens is 436 g/mol. The third-order valence-electron chi connectivity index (χ3n) is 4.56. The van der Waals surface area contributed by atoms with Crippen LogP contribution >= 0.6 is 23.2 Å². The molecule has 0 aromatic heterocycles. The third kappa shape index (κ3) is 5.17. The first-order chi connectivity index (χ1) is 14.1. The number of hydrogen-bond donors (Lipinski definition) is 1. The minimum absolute atomic E-state index is 0.102. The van der Waals surface area contributed by atoms with E-state index < -0.39 is 18.2 Å². The van der Waals surface area contributed by atoms with Crippen molar-refractivity contribution in [2.75, 3.05) is 7.05 Å². The fraction of sp³-hybridized carbons (Fsp3) is 0.318. The van der Waals surface area contributed by atoms with Gasteiger partial charge >= 0.3 is 6.18 Å². The van der Waals surface area contributed by atoms with E-state index in [9.17, 15) is 13.2 Å². The number of halogens is 5. The lowest BCUT2D eigenvalue weighted by Crippen LogP contribution is -2.42. The van der Waals surface area contributed by atoms with E-state index in [-0.39, 0.29) is 21.3 Å². The SMILES string of the molecule is C=CC.CNCc1ccc(C2=NOC(c3cc(Cl)cc(Cl)c3)(C(F)(F)F)C2)cc1C. The summed E-state index contributed by atoms with van der Waals surface area (Å²) in [5, 5.41) is 7.03. The van der Waals surface area contributed by atoms with Crippen LogP contribution in [0.5, 0.6) is 0 Å². The van der Waals surface area contributed by atoms with E-state index in [1.807, 2.05) is 33.0 Å². The molecule has 2 aromatic carbocycles. The van der Waals surface area contributed by atoms with Crippen molar-refractivity contribution in [2.45, 2.75) is 38.6 Å². The van der Waals surface area contributed by atoms with E-state index in [0.29, 0.717) is 12.1 Å². The highest BCUT2D eigenvalue weighted by Crippen LogP contribution is 2.49. The fourth-order valence-electron chi connectivity index (χ4n) is 3.11. The maximum absolute atomic E-state index is 14.0. The van der Waals surface area contributed by atoms with Gasteiger partial charge in [0.05, 0.1) is 5.71 Å². The number of alkyl halides is 3. The van der Waals surface area contributed by atoms with Gasteiger partial charge in [0.2, 0.25) is 0 Å². The molecule has 1 aliphatic rings. The predicted molar refractivity (Wildman–Crippen MR) is 116 cm³/mol. The average Bonchev–Trinajstić information content (AvgIpc) is 3.10. The number of nitrogens with zero attached hydrogens (tertiary/aromatic N) is 1. The van der Waals surface area contributed by atoms with Gasteiger partial charge in [-0.05, 0) is 61.9 Å². The highest BCUT2D eigenvalue weighted by molar-refractivity contribution is 6.34. The highest BCUT2D eigenvalue weighted by Gasteiger charge is 2.62. The van der Waals surface area contributed by atoms with E-state index >= 15 is 0 Å². The summed E-state index contributed by atoms with van der Waals surface area (Å²) in [5.74, 6) is 0. The molecule has 0 fully saturated rings. The molecule has 162 valence electrons. The van der Waals surface area contributed by atoms with Crippen molar-refractivity contribution < 1.29 is 18.0 Å². The minimum atomic E-state index is -4.70. The molecule has 3 nitrogen and oxygen atoms in total. The lowest BCUT2D eigenvalue weighted by molar-refractivity contribution is -0.275. The highest BCUT2D eigenvalue weighted by atomic mass is 35.5. The normalized spacial score (nSPS) is 18.2. The number of benzene rings is 2. The van der Waals surface area contributed by atoms with E-state index in [2.05, 4.69) is 17.1 Å². The summed E-state index contributed by atoms with van der Waals surface area (Å²) in [6.07, 6.45) is -3.41. The first kappa shape index (κ1) is 24.3. The fourth-order valence-corrected chi connectivity index (χ4v) is 3.64. The molecule has 1 heterocycles. The zero-order valence-electron chi connectivity index (χ0n) is 16.9. The monoisotopic (exact) mass is 458 g/mol. The molecule has 1 unspecified atom stereocenters. The Bertz CT molecular complexity index is 924. The number of aryl methyl sites for hydroxylation is 1. The number of rotatable bonds is 4. The second-order valence-electron chi connectivity index (χ2n) is 6.87. The van der Waals surface area contributed by atoms with Gasteiger partial charge in [-0.2, -0.15) is 13.2 Å². The van der Waals surface area contributed by atoms with Crippen LogP contribution in [0.3, 0.4) is 0 Å². The van der Waals surface area contributed by atoms with Crippen molar-refractivity contribution >= 4 is 28.9 Å². The lowest BCUT2D eigenvalue weighted by Gasteiger charge is -2.29. The Morgan fingerprint density at radius 3 is 2.30 bits per heavy atom. The van der Waals surface area contributed by atoms with Gasteiger partial charge in [-0.1, -0.05) is 46.6 Å². The van der Waals surface area contributed by atoms with Crippen molar-refractivity contribution in [2.24, 2.45) is 5.16 Å². The summed E-state index contributed by atoms with van der Waals surface area (Å²) in [5.41, 5.74) is 0.0438. The van der Waals surface area contributed by atoms with E-state index in [1.165, 1.54) is 18.2 Å². The van der Waals surface area contributed by atoms with Crippen LogP contribution in [0.1, 0.15) is 35.6 Å². The molecule has 3 rings (SSSR count). The third-order valence-corrected chi connectivity index (χ3v) is 4.99. The van der Waals surface area contributed by atoms with E-state index in [4.69, 9.17) is 28.0 Å². The molecule has 30 heavy (non-hydrogen) atoms. The Morgan fingerprint density at radius 2 is 1.80 bits per heavy atom. The molecule has 0 radical (unpaired) electrons. The molecule has 2 aromatic rings. The van der Waals surface area contributed by atoms with Crippen LogP contribution in [0.15, 0.2) is 54.2 Å². The molecule has 8 heteroatoms. The van der Waals surface area contributed by atoms with Crippen LogP contribution in [-0.2, 0) is 17.0 Å². The van der Waals surface area contributed by atoms with Crippen molar-refractivity contribution in [3.8, 4) is 0 Å². The summed E-state index contributed by atoms with van der Waals surface area (Å²) >= 11 is 11.8. The quantitative estimate of drug-likeness (QED) is 0.511. The molecule has 1 N–H and O–H groups in total. The Labute approximate surface area is 184 Å². The first-order valence-corrected chi connectivity index (χ1v) is 9.93. The van der Waals surface area contributed by atoms with Crippen molar-refractivity contribution in [1.82, 2.24) is 5.32 Å². The minimum Gasteiger partial charge on any atom is -0.374 e. The Morgan fingerprint density at radius 1 is 1.20 bits per heavy atom. The largest absolute Gasteiger partial charge is 0.435 e. The maximum Gasteiger partial charge on any atom is 0.435 e. The van der Waals surface area contributed by atoms with Crippen LogP contribution in [0, 0.1) is 6.92 Å². The summed E-state index contributed by atoms with van der Waals surface area (Å²) in [6, 6.07) is 9.22. The first-order valence-electron chi connectivity index (χ1n) is 9.18. The second kappa shape index (κ2) is 9.86.